The molecule has 0 saturated heterocycles. The molecule has 0 atom stereocenters. The quantitative estimate of drug-likeness (QED) is 0.510. The fourth-order valence-electron chi connectivity index (χ4n) is 1.64. The van der Waals surface area contributed by atoms with E-state index in [0.717, 1.165) is 4.47 Å². The molecule has 0 fully saturated rings. The summed E-state index contributed by atoms with van der Waals surface area (Å²) in [4.78, 5) is 10.4. The first kappa shape index (κ1) is 12.5. The molecule has 1 aromatic carbocycles. The number of hydrazine groups is 1. The third kappa shape index (κ3) is 2.49. The zero-order chi connectivity index (χ0) is 13.1. The molecule has 0 aliphatic carbocycles. The van der Waals surface area contributed by atoms with Gasteiger partial charge < -0.3 is 5.43 Å². The standard InChI is InChI=1S/C10H10BrN5O2/c11-8-4-13-15(6-8)5-7-2-1-3-9(16(17)18)10(7)14-12/h1-4,6,14H,5,12H2. The highest BCUT2D eigenvalue weighted by atomic mass is 79.9. The minimum Gasteiger partial charge on any atom is -0.318 e. The number of benzene rings is 1. The zero-order valence-electron chi connectivity index (χ0n) is 9.21. The van der Waals surface area contributed by atoms with Crippen LogP contribution in [-0.4, -0.2) is 14.7 Å². The molecule has 2 aromatic rings. The summed E-state index contributed by atoms with van der Waals surface area (Å²) in [5.74, 6) is 5.35. The van der Waals surface area contributed by atoms with E-state index in [2.05, 4.69) is 26.5 Å². The van der Waals surface area contributed by atoms with Crippen molar-refractivity contribution in [3.05, 3.63) is 50.7 Å². The molecule has 0 radical (unpaired) electrons. The molecule has 3 N–H and O–H groups in total. The van der Waals surface area contributed by atoms with E-state index in [1.54, 1.807) is 29.2 Å². The third-order valence-corrected chi connectivity index (χ3v) is 2.81. The summed E-state index contributed by atoms with van der Waals surface area (Å²) >= 11 is 3.29. The fourth-order valence-corrected chi connectivity index (χ4v) is 1.96. The highest BCUT2D eigenvalue weighted by molar-refractivity contribution is 9.10. The van der Waals surface area contributed by atoms with Crippen LogP contribution in [0.5, 0.6) is 0 Å². The third-order valence-electron chi connectivity index (χ3n) is 2.40. The molecule has 7 nitrogen and oxygen atoms in total. The summed E-state index contributed by atoms with van der Waals surface area (Å²) in [6.45, 7) is 0.396. The Labute approximate surface area is 111 Å². The normalized spacial score (nSPS) is 10.3. The Bertz CT molecular complexity index is 583. The number of nitrogens with two attached hydrogens (primary N) is 1. The van der Waals surface area contributed by atoms with Crippen LogP contribution in [0.25, 0.3) is 0 Å². The van der Waals surface area contributed by atoms with Crippen LogP contribution in [0.3, 0.4) is 0 Å². The maximum Gasteiger partial charge on any atom is 0.293 e. The van der Waals surface area contributed by atoms with E-state index >= 15 is 0 Å². The number of halogens is 1. The second-order valence-corrected chi connectivity index (χ2v) is 4.48. The average molecular weight is 312 g/mol. The van der Waals surface area contributed by atoms with Gasteiger partial charge in [0.1, 0.15) is 5.69 Å². The van der Waals surface area contributed by atoms with Crippen molar-refractivity contribution < 1.29 is 4.92 Å². The minimum atomic E-state index is -0.475. The number of rotatable bonds is 4. The van der Waals surface area contributed by atoms with Crippen LogP contribution in [0.15, 0.2) is 35.1 Å². The summed E-state index contributed by atoms with van der Waals surface area (Å²) < 4.78 is 2.50. The summed E-state index contributed by atoms with van der Waals surface area (Å²) in [6.07, 6.45) is 3.42. The number of nitrogens with zero attached hydrogens (tertiary/aromatic N) is 3. The molecule has 2 rings (SSSR count). The van der Waals surface area contributed by atoms with Gasteiger partial charge in [0.25, 0.3) is 5.69 Å². The van der Waals surface area contributed by atoms with E-state index < -0.39 is 4.92 Å². The van der Waals surface area contributed by atoms with Gasteiger partial charge in [-0.3, -0.25) is 20.6 Å². The highest BCUT2D eigenvalue weighted by Gasteiger charge is 2.16. The van der Waals surface area contributed by atoms with Crippen LogP contribution in [0.2, 0.25) is 0 Å². The first-order chi connectivity index (χ1) is 8.61. The summed E-state index contributed by atoms with van der Waals surface area (Å²) in [7, 11) is 0. The van der Waals surface area contributed by atoms with Crippen LogP contribution in [0.1, 0.15) is 5.56 Å². The zero-order valence-corrected chi connectivity index (χ0v) is 10.8. The van der Waals surface area contributed by atoms with Crippen LogP contribution in [0, 0.1) is 10.1 Å². The van der Waals surface area contributed by atoms with Crippen molar-refractivity contribution in [2.45, 2.75) is 6.54 Å². The first-order valence-electron chi connectivity index (χ1n) is 5.02. The Morgan fingerprint density at radius 3 is 2.89 bits per heavy atom. The molecule has 0 unspecified atom stereocenters. The Balaban J connectivity index is 2.38. The summed E-state index contributed by atoms with van der Waals surface area (Å²) in [6, 6.07) is 4.78. The van der Waals surface area contributed by atoms with Crippen LogP contribution in [0.4, 0.5) is 11.4 Å². The van der Waals surface area contributed by atoms with Crippen LogP contribution >= 0.6 is 15.9 Å². The van der Waals surface area contributed by atoms with E-state index in [9.17, 15) is 10.1 Å². The Morgan fingerprint density at radius 2 is 2.33 bits per heavy atom. The van der Waals surface area contributed by atoms with Crippen LogP contribution < -0.4 is 11.3 Å². The SMILES string of the molecule is NNc1c(Cn2cc(Br)cn2)cccc1[N+](=O)[O-]. The number of para-hydroxylation sites is 1. The lowest BCUT2D eigenvalue weighted by atomic mass is 10.1. The number of anilines is 1. The number of nitrogens with one attached hydrogen (secondary N) is 1. The van der Waals surface area contributed by atoms with Gasteiger partial charge in [0, 0.05) is 17.8 Å². The van der Waals surface area contributed by atoms with E-state index in [-0.39, 0.29) is 5.69 Å². The molecule has 0 aliphatic rings. The van der Waals surface area contributed by atoms with Crippen molar-refractivity contribution >= 4 is 27.3 Å². The summed E-state index contributed by atoms with van der Waals surface area (Å²) in [5, 5.41) is 15.0. The first-order valence-corrected chi connectivity index (χ1v) is 5.82. The van der Waals surface area contributed by atoms with Crippen molar-refractivity contribution in [3.63, 3.8) is 0 Å². The van der Waals surface area contributed by atoms with Crippen molar-refractivity contribution in [3.8, 4) is 0 Å². The van der Waals surface area contributed by atoms with Gasteiger partial charge in [0.2, 0.25) is 0 Å². The Hall–Kier alpha value is -1.93. The molecule has 1 aromatic heterocycles. The van der Waals surface area contributed by atoms with Crippen molar-refractivity contribution in [2.75, 3.05) is 5.43 Å². The van der Waals surface area contributed by atoms with Gasteiger partial charge in [0.05, 0.1) is 22.1 Å². The van der Waals surface area contributed by atoms with Crippen LogP contribution in [-0.2, 0) is 6.54 Å². The van der Waals surface area contributed by atoms with E-state index in [1.807, 2.05) is 0 Å². The number of nitrogen functional groups attached to an aromatic ring is 1. The van der Waals surface area contributed by atoms with Gasteiger partial charge >= 0.3 is 0 Å². The van der Waals surface area contributed by atoms with E-state index in [4.69, 9.17) is 5.84 Å². The average Bonchev–Trinajstić information content (AvgIpc) is 2.74. The molecule has 1 heterocycles. The maximum atomic E-state index is 10.9. The van der Waals surface area contributed by atoms with Gasteiger partial charge in [-0.25, -0.2) is 0 Å². The number of nitro groups is 1. The Kier molecular flexibility index (Phi) is 3.58. The fraction of sp³-hybridized carbons (Fsp3) is 0.100. The second kappa shape index (κ2) is 5.15. The predicted molar refractivity (Wildman–Crippen MR) is 69.9 cm³/mol. The minimum absolute atomic E-state index is 0.0544. The number of hydrogen-bond acceptors (Lipinski definition) is 5. The lowest BCUT2D eigenvalue weighted by Gasteiger charge is -2.09. The van der Waals surface area contributed by atoms with Crippen molar-refractivity contribution in [1.82, 2.24) is 9.78 Å². The molecule has 0 saturated carbocycles. The van der Waals surface area contributed by atoms with Gasteiger partial charge in [-0.1, -0.05) is 12.1 Å². The highest BCUT2D eigenvalue weighted by Crippen LogP contribution is 2.27. The lowest BCUT2D eigenvalue weighted by molar-refractivity contribution is -0.384. The predicted octanol–water partition coefficient (Wildman–Crippen LogP) is 1.89. The van der Waals surface area contributed by atoms with Crippen molar-refractivity contribution in [1.29, 1.82) is 0 Å². The topological polar surface area (TPSA) is 99.0 Å². The molecule has 0 spiro atoms. The maximum absolute atomic E-state index is 10.9. The number of aromatic nitrogens is 2. The van der Waals surface area contributed by atoms with Crippen molar-refractivity contribution in [2.24, 2.45) is 5.84 Å². The van der Waals surface area contributed by atoms with Gasteiger partial charge in [-0.2, -0.15) is 5.10 Å². The lowest BCUT2D eigenvalue weighted by Crippen LogP contribution is -2.13. The molecule has 94 valence electrons. The number of nitro benzene ring substituents is 1. The second-order valence-electron chi connectivity index (χ2n) is 3.57. The molecular weight excluding hydrogens is 302 g/mol. The largest absolute Gasteiger partial charge is 0.318 e. The van der Waals surface area contributed by atoms with Gasteiger partial charge in [-0.15, -0.1) is 0 Å². The smallest absolute Gasteiger partial charge is 0.293 e. The molecule has 0 bridgehead atoms. The molecule has 0 amide bonds. The molecular formula is C10H10BrN5O2. The van der Waals surface area contributed by atoms with Gasteiger partial charge in [-0.05, 0) is 15.9 Å². The summed E-state index contributed by atoms with van der Waals surface area (Å²) in [5.41, 5.74) is 3.32. The number of hydrogen-bond donors (Lipinski definition) is 2. The van der Waals surface area contributed by atoms with E-state index in [0.29, 0.717) is 17.8 Å². The van der Waals surface area contributed by atoms with E-state index in [1.165, 1.54) is 6.07 Å². The molecule has 8 heteroatoms. The molecule has 0 aliphatic heterocycles. The Morgan fingerprint density at radius 1 is 1.56 bits per heavy atom. The van der Waals surface area contributed by atoms with Gasteiger partial charge in [0.15, 0.2) is 0 Å². The molecule has 18 heavy (non-hydrogen) atoms. The monoisotopic (exact) mass is 311 g/mol.